The fraction of sp³-hybridized carbons (Fsp3) is 0. The molecule has 0 aliphatic heterocycles. The molecule has 8 heteroatoms. The van der Waals surface area contributed by atoms with Crippen LogP contribution < -0.4 is 5.32 Å². The summed E-state index contributed by atoms with van der Waals surface area (Å²) in [7, 11) is 0. The lowest BCUT2D eigenvalue weighted by molar-refractivity contribution is 0.102. The summed E-state index contributed by atoms with van der Waals surface area (Å²) in [5.74, 6) is -0.490. The van der Waals surface area contributed by atoms with Crippen molar-refractivity contribution in [1.82, 2.24) is 10.2 Å². The van der Waals surface area contributed by atoms with Gasteiger partial charge in [0.2, 0.25) is 0 Å². The van der Waals surface area contributed by atoms with Gasteiger partial charge in [0.15, 0.2) is 10.3 Å². The van der Waals surface area contributed by atoms with Crippen LogP contribution in [0, 0.1) is 11.3 Å². The maximum atomic E-state index is 11.9. The summed E-state index contributed by atoms with van der Waals surface area (Å²) in [4.78, 5) is 11.9. The summed E-state index contributed by atoms with van der Waals surface area (Å²) < 4.78 is 0. The second kappa shape index (κ2) is 5.31. The minimum atomic E-state index is -0.490. The number of carbonyl (C=O) groups is 1. The SMILES string of the molecule is N#Cc1ccsc1NC(=O)c1cc(Cl)nnc1Cl. The Hall–Kier alpha value is -1.68. The standard InChI is InChI=1S/C10H4Cl2N4OS/c11-7-3-6(8(12)16-15-7)9(17)14-10-5(4-13)1-2-18-10/h1-3H,(H,14,17). The molecule has 0 fully saturated rings. The average molecular weight is 299 g/mol. The molecule has 0 radical (unpaired) electrons. The molecule has 2 rings (SSSR count). The number of rotatable bonds is 2. The molecule has 1 amide bonds. The quantitative estimate of drug-likeness (QED) is 0.924. The molecule has 0 bridgehead atoms. The third kappa shape index (κ3) is 2.59. The molecule has 1 N–H and O–H groups in total. The molecule has 90 valence electrons. The molecule has 2 aromatic rings. The summed E-state index contributed by atoms with van der Waals surface area (Å²) in [6.07, 6.45) is 0. The van der Waals surface area contributed by atoms with E-state index < -0.39 is 5.91 Å². The van der Waals surface area contributed by atoms with Crippen molar-refractivity contribution in [1.29, 1.82) is 5.26 Å². The second-order valence-corrected chi connectivity index (χ2v) is 4.76. The number of carbonyl (C=O) groups excluding carboxylic acids is 1. The largest absolute Gasteiger partial charge is 0.312 e. The number of hydrogen-bond acceptors (Lipinski definition) is 5. The van der Waals surface area contributed by atoms with E-state index in [1.807, 2.05) is 6.07 Å². The molecule has 0 aliphatic carbocycles. The number of nitrogens with one attached hydrogen (secondary N) is 1. The van der Waals surface area contributed by atoms with E-state index in [-0.39, 0.29) is 15.9 Å². The Morgan fingerprint density at radius 2 is 2.22 bits per heavy atom. The maximum absolute atomic E-state index is 11.9. The van der Waals surface area contributed by atoms with Crippen LogP contribution in [0.2, 0.25) is 10.3 Å². The van der Waals surface area contributed by atoms with E-state index in [0.29, 0.717) is 10.6 Å². The zero-order valence-electron chi connectivity index (χ0n) is 8.65. The average Bonchev–Trinajstić information content (AvgIpc) is 2.79. The van der Waals surface area contributed by atoms with Crippen LogP contribution in [0.25, 0.3) is 0 Å². The third-order valence-corrected chi connectivity index (χ3v) is 3.27. The molecular formula is C10H4Cl2N4OS. The van der Waals surface area contributed by atoms with Crippen LogP contribution in [0.3, 0.4) is 0 Å². The zero-order valence-corrected chi connectivity index (χ0v) is 11.0. The van der Waals surface area contributed by atoms with Gasteiger partial charge in [0.05, 0.1) is 11.1 Å². The number of nitrogens with zero attached hydrogens (tertiary/aromatic N) is 3. The van der Waals surface area contributed by atoms with Crippen molar-refractivity contribution in [3.05, 3.63) is 38.9 Å². The molecule has 0 saturated heterocycles. The van der Waals surface area contributed by atoms with Gasteiger partial charge in [-0.3, -0.25) is 4.79 Å². The second-order valence-electron chi connectivity index (χ2n) is 3.10. The van der Waals surface area contributed by atoms with Crippen LogP contribution in [-0.4, -0.2) is 16.1 Å². The monoisotopic (exact) mass is 298 g/mol. The van der Waals surface area contributed by atoms with Gasteiger partial charge in [0, 0.05) is 0 Å². The summed E-state index contributed by atoms with van der Waals surface area (Å²) in [5.41, 5.74) is 0.492. The zero-order chi connectivity index (χ0) is 13.1. The lowest BCUT2D eigenvalue weighted by Crippen LogP contribution is -2.13. The van der Waals surface area contributed by atoms with Crippen molar-refractivity contribution in [2.24, 2.45) is 0 Å². The summed E-state index contributed by atoms with van der Waals surface area (Å²) in [6, 6.07) is 4.89. The molecule has 0 unspecified atom stereocenters. The summed E-state index contributed by atoms with van der Waals surface area (Å²) >= 11 is 12.6. The highest BCUT2D eigenvalue weighted by Crippen LogP contribution is 2.24. The molecule has 18 heavy (non-hydrogen) atoms. The number of nitriles is 1. The van der Waals surface area contributed by atoms with Gasteiger partial charge >= 0.3 is 0 Å². The van der Waals surface area contributed by atoms with Crippen molar-refractivity contribution in [2.75, 3.05) is 5.32 Å². The van der Waals surface area contributed by atoms with E-state index in [9.17, 15) is 4.79 Å². The fourth-order valence-electron chi connectivity index (χ4n) is 1.18. The van der Waals surface area contributed by atoms with E-state index in [2.05, 4.69) is 15.5 Å². The van der Waals surface area contributed by atoms with Gasteiger partial charge in [-0.2, -0.15) is 5.26 Å². The predicted octanol–water partition coefficient (Wildman–Crippen LogP) is 2.97. The molecule has 0 spiro atoms. The van der Waals surface area contributed by atoms with Crippen LogP contribution in [0.4, 0.5) is 5.00 Å². The Morgan fingerprint density at radius 3 is 2.94 bits per heavy atom. The summed E-state index contributed by atoms with van der Waals surface area (Å²) in [6.45, 7) is 0. The van der Waals surface area contributed by atoms with Crippen molar-refractivity contribution in [3.63, 3.8) is 0 Å². The highest BCUT2D eigenvalue weighted by molar-refractivity contribution is 7.14. The van der Waals surface area contributed by atoms with Crippen molar-refractivity contribution >= 4 is 45.4 Å². The van der Waals surface area contributed by atoms with Crippen LogP contribution in [0.1, 0.15) is 15.9 Å². The maximum Gasteiger partial charge on any atom is 0.259 e. The van der Waals surface area contributed by atoms with E-state index >= 15 is 0 Å². The summed E-state index contributed by atoms with van der Waals surface area (Å²) in [5, 5.41) is 20.6. The lowest BCUT2D eigenvalue weighted by atomic mass is 10.3. The van der Waals surface area contributed by atoms with Crippen molar-refractivity contribution in [3.8, 4) is 6.07 Å². The van der Waals surface area contributed by atoms with E-state index in [0.717, 1.165) is 0 Å². The number of amides is 1. The molecule has 0 atom stereocenters. The molecule has 5 nitrogen and oxygen atoms in total. The van der Waals surface area contributed by atoms with Crippen LogP contribution >= 0.6 is 34.5 Å². The Kier molecular flexibility index (Phi) is 3.77. The first-order chi connectivity index (χ1) is 8.61. The van der Waals surface area contributed by atoms with Gasteiger partial charge in [0.25, 0.3) is 5.91 Å². The first-order valence-corrected chi connectivity index (χ1v) is 6.23. The van der Waals surface area contributed by atoms with Gasteiger partial charge in [-0.05, 0) is 17.5 Å². The molecule has 2 heterocycles. The molecule has 2 aromatic heterocycles. The first kappa shape index (κ1) is 12.8. The number of halogens is 2. The number of hydrogen-bond donors (Lipinski definition) is 1. The lowest BCUT2D eigenvalue weighted by Gasteiger charge is -2.04. The van der Waals surface area contributed by atoms with Gasteiger partial charge in [0.1, 0.15) is 11.1 Å². The van der Waals surface area contributed by atoms with E-state index in [1.54, 1.807) is 11.4 Å². The smallest absolute Gasteiger partial charge is 0.259 e. The van der Waals surface area contributed by atoms with Crippen LogP contribution in [0.5, 0.6) is 0 Å². The fourth-order valence-corrected chi connectivity index (χ4v) is 2.23. The number of thiophene rings is 1. The van der Waals surface area contributed by atoms with Gasteiger partial charge in [-0.1, -0.05) is 23.2 Å². The topological polar surface area (TPSA) is 78.7 Å². The minimum Gasteiger partial charge on any atom is -0.312 e. The third-order valence-electron chi connectivity index (χ3n) is 1.98. The first-order valence-electron chi connectivity index (χ1n) is 4.59. The van der Waals surface area contributed by atoms with Gasteiger partial charge in [-0.25, -0.2) is 0 Å². The number of anilines is 1. The highest BCUT2D eigenvalue weighted by Gasteiger charge is 2.15. The van der Waals surface area contributed by atoms with Crippen LogP contribution in [0.15, 0.2) is 17.5 Å². The van der Waals surface area contributed by atoms with E-state index in [1.165, 1.54) is 17.4 Å². The van der Waals surface area contributed by atoms with Gasteiger partial charge < -0.3 is 5.32 Å². The molecule has 0 aromatic carbocycles. The number of aromatic nitrogens is 2. The van der Waals surface area contributed by atoms with E-state index in [4.69, 9.17) is 28.5 Å². The Morgan fingerprint density at radius 1 is 1.44 bits per heavy atom. The van der Waals surface area contributed by atoms with Crippen molar-refractivity contribution in [2.45, 2.75) is 0 Å². The van der Waals surface area contributed by atoms with Crippen LogP contribution in [-0.2, 0) is 0 Å². The van der Waals surface area contributed by atoms with Crippen molar-refractivity contribution < 1.29 is 4.79 Å². The van der Waals surface area contributed by atoms with Gasteiger partial charge in [-0.15, -0.1) is 21.5 Å². The molecular weight excluding hydrogens is 295 g/mol. The normalized spacial score (nSPS) is 9.83. The minimum absolute atomic E-state index is 0.0491. The Labute approximate surface area is 116 Å². The predicted molar refractivity (Wildman–Crippen MR) is 69.0 cm³/mol. The Balaban J connectivity index is 2.28. The Bertz CT molecular complexity index is 650. The molecule has 0 aliphatic rings. The molecule has 0 saturated carbocycles. The highest BCUT2D eigenvalue weighted by atomic mass is 35.5.